The summed E-state index contributed by atoms with van der Waals surface area (Å²) in [4.78, 5) is 30.7. The third-order valence-corrected chi connectivity index (χ3v) is 7.38. The molecule has 0 unspecified atom stereocenters. The van der Waals surface area contributed by atoms with Gasteiger partial charge in [-0.05, 0) is 30.9 Å². The fourth-order valence-electron chi connectivity index (χ4n) is 3.33. The summed E-state index contributed by atoms with van der Waals surface area (Å²) in [6, 6.07) is 7.60. The largest absolute Gasteiger partial charge is 0.342 e. The molecule has 0 spiro atoms. The van der Waals surface area contributed by atoms with Crippen LogP contribution in [0.25, 0.3) is 10.2 Å². The number of benzene rings is 1. The second-order valence-corrected chi connectivity index (χ2v) is 10.4. The lowest BCUT2D eigenvalue weighted by atomic mass is 9.99. The summed E-state index contributed by atoms with van der Waals surface area (Å²) in [6.45, 7) is 7.43. The first kappa shape index (κ1) is 21.4. The molecule has 1 aliphatic rings. The first-order chi connectivity index (χ1) is 13.8. The number of thiazole rings is 1. The summed E-state index contributed by atoms with van der Waals surface area (Å²) in [5, 5.41) is 0. The Bertz CT molecular complexity index is 1090. The minimum Gasteiger partial charge on any atom is -0.342 e. The number of sulfone groups is 1. The Kier molecular flexibility index (Phi) is 6.69. The smallest absolute Gasteiger partial charge is 0.263 e. The van der Waals surface area contributed by atoms with Crippen molar-refractivity contribution in [3.63, 3.8) is 0 Å². The van der Waals surface area contributed by atoms with Crippen LogP contribution in [0.4, 0.5) is 0 Å². The number of allylic oxidation sites excluding steroid dienone is 1. The SMILES string of the molecule is C=CCn1c(=NC(=O)CS(=O)(=O)CC(=O)N2CCC(C)CC2)sc2ccccc21. The van der Waals surface area contributed by atoms with Gasteiger partial charge in [-0.25, -0.2) is 8.42 Å². The lowest BCUT2D eigenvalue weighted by Gasteiger charge is -2.30. The van der Waals surface area contributed by atoms with E-state index in [-0.39, 0.29) is 0 Å². The standard InChI is InChI=1S/C20H25N3O4S2/c1-3-10-23-16-6-4-5-7-17(16)28-20(23)21-18(24)13-29(26,27)14-19(25)22-11-8-15(2)9-12-22/h3-7,15H,1,8-14H2,2H3. The van der Waals surface area contributed by atoms with Crippen LogP contribution in [0.5, 0.6) is 0 Å². The zero-order valence-electron chi connectivity index (χ0n) is 16.4. The third kappa shape index (κ3) is 5.42. The fraction of sp³-hybridized carbons (Fsp3) is 0.450. The number of rotatable bonds is 6. The fourth-order valence-corrected chi connectivity index (χ4v) is 5.49. The van der Waals surface area contributed by atoms with E-state index in [4.69, 9.17) is 0 Å². The molecule has 2 heterocycles. The molecule has 1 aliphatic heterocycles. The van der Waals surface area contributed by atoms with Gasteiger partial charge in [0.05, 0.1) is 10.2 Å². The van der Waals surface area contributed by atoms with Crippen molar-refractivity contribution in [3.8, 4) is 0 Å². The van der Waals surface area contributed by atoms with Crippen LogP contribution in [0.15, 0.2) is 41.9 Å². The number of hydrogen-bond donors (Lipinski definition) is 0. The van der Waals surface area contributed by atoms with E-state index in [1.54, 1.807) is 11.0 Å². The van der Waals surface area contributed by atoms with E-state index in [0.29, 0.717) is 30.4 Å². The van der Waals surface area contributed by atoms with Gasteiger partial charge in [-0.1, -0.05) is 36.5 Å². The number of piperidine rings is 1. The van der Waals surface area contributed by atoms with Crippen LogP contribution in [0.3, 0.4) is 0 Å². The van der Waals surface area contributed by atoms with E-state index in [1.165, 1.54) is 11.3 Å². The van der Waals surface area contributed by atoms with Crippen LogP contribution < -0.4 is 4.80 Å². The summed E-state index contributed by atoms with van der Waals surface area (Å²) in [5.74, 6) is -2.09. The number of amides is 2. The highest BCUT2D eigenvalue weighted by Crippen LogP contribution is 2.17. The predicted molar refractivity (Wildman–Crippen MR) is 114 cm³/mol. The number of fused-ring (bicyclic) bond motifs is 1. The van der Waals surface area contributed by atoms with E-state index in [1.807, 2.05) is 28.8 Å². The molecule has 0 bridgehead atoms. The van der Waals surface area contributed by atoms with Gasteiger partial charge >= 0.3 is 0 Å². The molecule has 1 saturated heterocycles. The molecule has 1 fully saturated rings. The van der Waals surface area contributed by atoms with Gasteiger partial charge in [0, 0.05) is 19.6 Å². The second kappa shape index (κ2) is 9.04. The Morgan fingerprint density at radius 2 is 1.93 bits per heavy atom. The number of para-hydroxylation sites is 1. The Hall–Kier alpha value is -2.26. The first-order valence-electron chi connectivity index (χ1n) is 9.54. The zero-order valence-corrected chi connectivity index (χ0v) is 18.0. The van der Waals surface area contributed by atoms with E-state index < -0.39 is 33.2 Å². The quantitative estimate of drug-likeness (QED) is 0.649. The molecular weight excluding hydrogens is 410 g/mol. The van der Waals surface area contributed by atoms with Crippen molar-refractivity contribution in [2.24, 2.45) is 10.9 Å². The van der Waals surface area contributed by atoms with Crippen molar-refractivity contribution >= 4 is 43.2 Å². The molecule has 0 radical (unpaired) electrons. The second-order valence-electron chi connectivity index (χ2n) is 7.35. The van der Waals surface area contributed by atoms with Crippen LogP contribution in [-0.2, 0) is 26.0 Å². The lowest BCUT2D eigenvalue weighted by Crippen LogP contribution is -2.41. The minimum absolute atomic E-state index is 0.419. The summed E-state index contributed by atoms with van der Waals surface area (Å²) >= 11 is 1.31. The molecule has 1 aromatic heterocycles. The van der Waals surface area contributed by atoms with Gasteiger partial charge in [0.2, 0.25) is 5.91 Å². The van der Waals surface area contributed by atoms with Gasteiger partial charge < -0.3 is 9.47 Å². The molecule has 29 heavy (non-hydrogen) atoms. The van der Waals surface area contributed by atoms with Crippen molar-refractivity contribution in [2.45, 2.75) is 26.3 Å². The molecule has 7 nitrogen and oxygen atoms in total. The van der Waals surface area contributed by atoms with Crippen LogP contribution in [0, 0.1) is 5.92 Å². The Balaban J connectivity index is 1.74. The van der Waals surface area contributed by atoms with Gasteiger partial charge in [0.1, 0.15) is 11.5 Å². The van der Waals surface area contributed by atoms with Gasteiger partial charge in [-0.2, -0.15) is 4.99 Å². The normalized spacial score (nSPS) is 16.3. The molecule has 2 amide bonds. The van der Waals surface area contributed by atoms with Crippen molar-refractivity contribution in [3.05, 3.63) is 41.7 Å². The maximum atomic E-state index is 12.4. The van der Waals surface area contributed by atoms with Crippen LogP contribution in [0.1, 0.15) is 19.8 Å². The van der Waals surface area contributed by atoms with Gasteiger partial charge in [-0.15, -0.1) is 6.58 Å². The highest BCUT2D eigenvalue weighted by molar-refractivity contribution is 7.92. The molecule has 2 aromatic rings. The highest BCUT2D eigenvalue weighted by Gasteiger charge is 2.26. The Morgan fingerprint density at radius 1 is 1.24 bits per heavy atom. The Labute approximate surface area is 174 Å². The van der Waals surface area contributed by atoms with Crippen LogP contribution in [-0.4, -0.2) is 54.3 Å². The van der Waals surface area contributed by atoms with Crippen LogP contribution >= 0.6 is 11.3 Å². The summed E-state index contributed by atoms with van der Waals surface area (Å²) < 4.78 is 27.5. The van der Waals surface area contributed by atoms with E-state index in [9.17, 15) is 18.0 Å². The minimum atomic E-state index is -3.88. The molecule has 3 rings (SSSR count). The molecule has 0 saturated carbocycles. The van der Waals surface area contributed by atoms with Gasteiger partial charge in [0.25, 0.3) is 5.91 Å². The van der Waals surface area contributed by atoms with E-state index >= 15 is 0 Å². The molecule has 9 heteroatoms. The predicted octanol–water partition coefficient (Wildman–Crippen LogP) is 1.99. The van der Waals surface area contributed by atoms with Crippen LogP contribution in [0.2, 0.25) is 0 Å². The number of carbonyl (C=O) groups excluding carboxylic acids is 2. The molecule has 1 aromatic carbocycles. The van der Waals surface area contributed by atoms with Crippen molar-refractivity contribution in [1.82, 2.24) is 9.47 Å². The first-order valence-corrected chi connectivity index (χ1v) is 12.2. The average Bonchev–Trinajstić information content (AvgIpc) is 2.99. The summed E-state index contributed by atoms with van der Waals surface area (Å²) in [6.07, 6.45) is 3.43. The van der Waals surface area contributed by atoms with Crippen molar-refractivity contribution < 1.29 is 18.0 Å². The summed E-state index contributed by atoms with van der Waals surface area (Å²) in [7, 11) is -3.88. The molecule has 0 aliphatic carbocycles. The summed E-state index contributed by atoms with van der Waals surface area (Å²) in [5.41, 5.74) is 0.904. The van der Waals surface area contributed by atoms with E-state index in [0.717, 1.165) is 23.1 Å². The highest BCUT2D eigenvalue weighted by atomic mass is 32.2. The Morgan fingerprint density at radius 3 is 2.62 bits per heavy atom. The molecule has 0 N–H and O–H groups in total. The zero-order chi connectivity index (χ0) is 21.0. The maximum absolute atomic E-state index is 12.4. The molecular formula is C20H25N3O4S2. The van der Waals surface area contributed by atoms with E-state index in [2.05, 4.69) is 18.5 Å². The topological polar surface area (TPSA) is 88.8 Å². The maximum Gasteiger partial charge on any atom is 0.263 e. The lowest BCUT2D eigenvalue weighted by molar-refractivity contribution is -0.129. The number of hydrogen-bond acceptors (Lipinski definition) is 5. The number of nitrogens with zero attached hydrogens (tertiary/aromatic N) is 3. The third-order valence-electron chi connectivity index (χ3n) is 4.94. The van der Waals surface area contributed by atoms with Crippen molar-refractivity contribution in [2.75, 3.05) is 24.6 Å². The number of aromatic nitrogens is 1. The molecule has 0 atom stereocenters. The van der Waals surface area contributed by atoms with Gasteiger partial charge in [0.15, 0.2) is 14.6 Å². The number of likely N-dealkylation sites (tertiary alicyclic amines) is 1. The molecule has 156 valence electrons. The van der Waals surface area contributed by atoms with Gasteiger partial charge in [-0.3, -0.25) is 9.59 Å². The monoisotopic (exact) mass is 435 g/mol. The van der Waals surface area contributed by atoms with Crippen molar-refractivity contribution in [1.29, 1.82) is 0 Å². The average molecular weight is 436 g/mol. The number of carbonyl (C=O) groups is 2.